The molecule has 7 rings (SSSR count). The van der Waals surface area contributed by atoms with Crippen molar-refractivity contribution in [3.63, 3.8) is 0 Å². The second kappa shape index (κ2) is 8.92. The van der Waals surface area contributed by atoms with Crippen LogP contribution in [0.25, 0.3) is 27.8 Å². The van der Waals surface area contributed by atoms with E-state index in [1.807, 2.05) is 37.8 Å². The van der Waals surface area contributed by atoms with Crippen molar-refractivity contribution in [1.82, 2.24) is 34.7 Å². The number of fused-ring (bicyclic) bond motifs is 2. The third-order valence-corrected chi connectivity index (χ3v) is 7.92. The van der Waals surface area contributed by atoms with Crippen LogP contribution < -0.4 is 10.2 Å². The predicted octanol–water partition coefficient (Wildman–Crippen LogP) is 3.58. The highest BCUT2D eigenvalue weighted by molar-refractivity contribution is 6.33. The number of aryl methyl sites for hydroxylation is 1. The maximum absolute atomic E-state index is 12.6. The summed E-state index contributed by atoms with van der Waals surface area (Å²) in [5, 5.41) is 21.8. The number of hydrogen-bond acceptors (Lipinski definition) is 7. The minimum absolute atomic E-state index is 0.126. The molecule has 192 valence electrons. The Hall–Kier alpha value is -4.75. The Labute approximate surface area is 228 Å². The Morgan fingerprint density at radius 3 is 2.59 bits per heavy atom. The maximum Gasteiger partial charge on any atom is 0.271 e. The summed E-state index contributed by atoms with van der Waals surface area (Å²) in [5.41, 5.74) is 5.19. The van der Waals surface area contributed by atoms with Gasteiger partial charge >= 0.3 is 0 Å². The number of amides is 1. The van der Waals surface area contributed by atoms with E-state index < -0.39 is 0 Å². The number of carbonyl (C=O) groups is 1. The van der Waals surface area contributed by atoms with Crippen LogP contribution in [0.1, 0.15) is 16.1 Å². The van der Waals surface area contributed by atoms with Crippen molar-refractivity contribution in [2.24, 2.45) is 18.9 Å². The van der Waals surface area contributed by atoms with Crippen molar-refractivity contribution >= 4 is 28.8 Å². The average Bonchev–Trinajstić information content (AvgIpc) is 3.40. The van der Waals surface area contributed by atoms with Crippen LogP contribution in [0.3, 0.4) is 0 Å². The van der Waals surface area contributed by atoms with Crippen molar-refractivity contribution in [1.29, 1.82) is 5.26 Å². The number of nitriles is 1. The first-order valence-electron chi connectivity index (χ1n) is 12.5. The number of anilines is 1. The van der Waals surface area contributed by atoms with Crippen LogP contribution in [-0.2, 0) is 7.05 Å². The van der Waals surface area contributed by atoms with Crippen molar-refractivity contribution in [3.8, 4) is 28.3 Å². The van der Waals surface area contributed by atoms with E-state index in [0.717, 1.165) is 46.7 Å². The smallest absolute Gasteiger partial charge is 0.271 e. The Bertz CT molecular complexity index is 1770. The van der Waals surface area contributed by atoms with Crippen LogP contribution in [0.15, 0.2) is 67.5 Å². The highest BCUT2D eigenvalue weighted by Gasteiger charge is 2.56. The van der Waals surface area contributed by atoms with E-state index in [9.17, 15) is 10.1 Å². The second-order valence-corrected chi connectivity index (χ2v) is 10.4. The van der Waals surface area contributed by atoms with Crippen molar-refractivity contribution in [3.05, 3.63) is 83.8 Å². The molecule has 11 heteroatoms. The summed E-state index contributed by atoms with van der Waals surface area (Å²) in [6.07, 6.45) is 10.7. The Balaban J connectivity index is 1.10. The van der Waals surface area contributed by atoms with Crippen LogP contribution in [0.2, 0.25) is 5.02 Å². The minimum atomic E-state index is -0.231. The van der Waals surface area contributed by atoms with Gasteiger partial charge in [0.1, 0.15) is 17.6 Å². The molecule has 1 saturated heterocycles. The first-order chi connectivity index (χ1) is 19.0. The molecule has 10 nitrogen and oxygen atoms in total. The number of pyridine rings is 3. The lowest BCUT2D eigenvalue weighted by Gasteiger charge is -2.21. The molecule has 0 bridgehead atoms. The average molecular weight is 536 g/mol. The number of nitrogens with zero attached hydrogens (tertiary/aromatic N) is 8. The van der Waals surface area contributed by atoms with E-state index in [1.165, 1.54) is 0 Å². The molecule has 0 radical (unpaired) electrons. The van der Waals surface area contributed by atoms with Crippen molar-refractivity contribution in [2.75, 3.05) is 18.0 Å². The molecular weight excluding hydrogens is 514 g/mol. The molecule has 0 aromatic carbocycles. The molecular formula is C28H22ClN9O. The van der Waals surface area contributed by atoms with Gasteiger partial charge in [0.05, 0.1) is 28.5 Å². The molecule has 3 atom stereocenters. The predicted molar refractivity (Wildman–Crippen MR) is 145 cm³/mol. The molecule has 5 aromatic rings. The molecule has 1 aliphatic heterocycles. The zero-order valence-corrected chi connectivity index (χ0v) is 21.6. The van der Waals surface area contributed by atoms with Crippen LogP contribution in [-0.4, -0.2) is 54.4 Å². The monoisotopic (exact) mass is 535 g/mol. The van der Waals surface area contributed by atoms with Gasteiger partial charge in [-0.2, -0.15) is 15.5 Å². The Kier molecular flexibility index (Phi) is 5.35. The van der Waals surface area contributed by atoms with E-state index >= 15 is 0 Å². The largest absolute Gasteiger partial charge is 0.356 e. The highest BCUT2D eigenvalue weighted by Crippen LogP contribution is 2.46. The quantitative estimate of drug-likeness (QED) is 0.365. The molecule has 6 heterocycles. The lowest BCUT2D eigenvalue weighted by molar-refractivity contribution is 0.0942. The van der Waals surface area contributed by atoms with Gasteiger partial charge in [0, 0.05) is 85.1 Å². The van der Waals surface area contributed by atoms with Gasteiger partial charge in [0.25, 0.3) is 5.91 Å². The van der Waals surface area contributed by atoms with Crippen LogP contribution >= 0.6 is 11.6 Å². The summed E-state index contributed by atoms with van der Waals surface area (Å²) in [7, 11) is 1.88. The third kappa shape index (κ3) is 3.99. The fourth-order valence-corrected chi connectivity index (χ4v) is 5.79. The van der Waals surface area contributed by atoms with E-state index in [2.05, 4.69) is 37.5 Å². The zero-order chi connectivity index (χ0) is 26.7. The van der Waals surface area contributed by atoms with Crippen molar-refractivity contribution < 1.29 is 4.79 Å². The fourth-order valence-electron chi connectivity index (χ4n) is 5.58. The van der Waals surface area contributed by atoms with Gasteiger partial charge in [-0.3, -0.25) is 9.48 Å². The SMILES string of the molecule is Cn1cc(-c2cc(-c3ccc(N4C[C@@H]5C(NC(=O)c6ncccc6Cl)[C@@H]5C4)nc3)c3c(C#N)cnn3c2)cn1. The van der Waals surface area contributed by atoms with Gasteiger partial charge in [-0.15, -0.1) is 0 Å². The molecule has 0 spiro atoms. The topological polar surface area (TPSA) is 117 Å². The molecule has 1 amide bonds. The number of halogens is 1. The lowest BCUT2D eigenvalue weighted by atomic mass is 10.0. The molecule has 1 saturated carbocycles. The Morgan fingerprint density at radius 1 is 1.05 bits per heavy atom. The van der Waals surface area contributed by atoms with Crippen LogP contribution in [0, 0.1) is 23.2 Å². The molecule has 1 aliphatic carbocycles. The van der Waals surface area contributed by atoms with Gasteiger partial charge in [0.2, 0.25) is 0 Å². The summed E-state index contributed by atoms with van der Waals surface area (Å²) in [4.78, 5) is 23.7. The minimum Gasteiger partial charge on any atom is -0.356 e. The van der Waals surface area contributed by atoms with Gasteiger partial charge in [-0.1, -0.05) is 11.6 Å². The standard InChI is InChI=1S/C28H22ClN9O/c1-36-12-19(11-33-36)17-7-20(27-18(8-30)10-34-38(27)13-17)16-4-5-24(32-9-16)37-14-21-22(15-37)25(21)35-28(39)26-23(29)3-2-6-31-26/h2-7,9-13,21-22,25H,14-15H2,1H3,(H,35,39)/t21-,22+,25?. The number of nitrogens with one attached hydrogen (secondary N) is 1. The lowest BCUT2D eigenvalue weighted by Crippen LogP contribution is -2.35. The first-order valence-corrected chi connectivity index (χ1v) is 12.9. The fraction of sp³-hybridized carbons (Fsp3) is 0.214. The van der Waals surface area contributed by atoms with Crippen molar-refractivity contribution in [2.45, 2.75) is 6.04 Å². The number of piperidine rings is 1. The molecule has 39 heavy (non-hydrogen) atoms. The van der Waals surface area contributed by atoms with Gasteiger partial charge in [-0.05, 0) is 30.3 Å². The highest BCUT2D eigenvalue weighted by atomic mass is 35.5. The van der Waals surface area contributed by atoms with E-state index in [-0.39, 0.29) is 17.6 Å². The summed E-state index contributed by atoms with van der Waals surface area (Å²) in [6.45, 7) is 1.64. The number of carbonyl (C=O) groups excluding carboxylic acids is 1. The molecule has 1 N–H and O–H groups in total. The molecule has 2 fully saturated rings. The third-order valence-electron chi connectivity index (χ3n) is 7.62. The normalized spacial score (nSPS) is 19.6. The van der Waals surface area contributed by atoms with Gasteiger partial charge < -0.3 is 10.2 Å². The molecule has 1 unspecified atom stereocenters. The van der Waals surface area contributed by atoms with Gasteiger partial charge in [0.15, 0.2) is 0 Å². The Morgan fingerprint density at radius 2 is 1.90 bits per heavy atom. The van der Waals surface area contributed by atoms with E-state index in [1.54, 1.807) is 39.9 Å². The number of aromatic nitrogens is 6. The van der Waals surface area contributed by atoms with Gasteiger partial charge in [-0.25, -0.2) is 14.5 Å². The first kappa shape index (κ1) is 23.4. The summed E-state index contributed by atoms with van der Waals surface area (Å²) in [5.74, 6) is 1.40. The van der Waals surface area contributed by atoms with Crippen LogP contribution in [0.5, 0.6) is 0 Å². The second-order valence-electron chi connectivity index (χ2n) is 9.98. The van der Waals surface area contributed by atoms with E-state index in [4.69, 9.17) is 16.6 Å². The number of rotatable bonds is 5. The summed E-state index contributed by atoms with van der Waals surface area (Å²) >= 11 is 6.12. The molecule has 5 aromatic heterocycles. The molecule has 2 aliphatic rings. The van der Waals surface area contributed by atoms with Crippen LogP contribution in [0.4, 0.5) is 5.82 Å². The number of hydrogen-bond donors (Lipinski definition) is 1. The maximum atomic E-state index is 12.6. The zero-order valence-electron chi connectivity index (χ0n) is 20.9. The van der Waals surface area contributed by atoms with E-state index in [0.29, 0.717) is 22.4 Å². The summed E-state index contributed by atoms with van der Waals surface area (Å²) < 4.78 is 3.49. The summed E-state index contributed by atoms with van der Waals surface area (Å²) in [6, 6.07) is 11.9.